The molecule has 2 saturated heterocycles. The Morgan fingerprint density at radius 1 is 1.17 bits per heavy atom. The molecule has 1 aromatic carbocycles. The second-order valence-corrected chi connectivity index (χ2v) is 9.60. The molecule has 2 amide bonds. The monoisotopic (exact) mass is 480 g/mol. The Morgan fingerprint density at radius 2 is 2.03 bits per heavy atom. The van der Waals surface area contributed by atoms with Gasteiger partial charge in [0.05, 0.1) is 31.1 Å². The molecule has 0 radical (unpaired) electrons. The second kappa shape index (κ2) is 10.9. The number of carbonyl (C=O) groups is 1. The molecule has 35 heavy (non-hydrogen) atoms. The summed E-state index contributed by atoms with van der Waals surface area (Å²) in [4.78, 5) is 26.9. The Hall–Kier alpha value is -2.75. The summed E-state index contributed by atoms with van der Waals surface area (Å²) in [6.45, 7) is 10.6. The summed E-state index contributed by atoms with van der Waals surface area (Å²) >= 11 is 0. The van der Waals surface area contributed by atoms with Crippen molar-refractivity contribution in [3.63, 3.8) is 0 Å². The zero-order chi connectivity index (χ0) is 24.2. The van der Waals surface area contributed by atoms with E-state index < -0.39 is 0 Å². The van der Waals surface area contributed by atoms with Crippen molar-refractivity contribution in [3.8, 4) is 11.4 Å². The van der Waals surface area contributed by atoms with Crippen molar-refractivity contribution in [2.45, 2.75) is 51.8 Å². The van der Waals surface area contributed by atoms with E-state index in [1.165, 1.54) is 5.56 Å². The van der Waals surface area contributed by atoms with Crippen LogP contribution < -0.4 is 15.5 Å². The summed E-state index contributed by atoms with van der Waals surface area (Å²) in [6.07, 6.45) is 3.58. The molecule has 0 bridgehead atoms. The smallest absolute Gasteiger partial charge is 0.319 e. The van der Waals surface area contributed by atoms with E-state index in [1.807, 2.05) is 31.2 Å². The van der Waals surface area contributed by atoms with Gasteiger partial charge < -0.3 is 25.0 Å². The van der Waals surface area contributed by atoms with Gasteiger partial charge in [-0.25, -0.2) is 14.8 Å². The molecule has 9 nitrogen and oxygen atoms in total. The molecule has 2 fully saturated rings. The molecule has 4 heterocycles. The van der Waals surface area contributed by atoms with Crippen molar-refractivity contribution in [1.82, 2.24) is 20.2 Å². The van der Waals surface area contributed by atoms with Crippen LogP contribution in [0.4, 0.5) is 16.3 Å². The summed E-state index contributed by atoms with van der Waals surface area (Å²) in [5, 5.41) is 5.60. The van der Waals surface area contributed by atoms with E-state index in [0.717, 1.165) is 80.6 Å². The number of ether oxygens (including phenoxy) is 2. The third-order valence-electron chi connectivity index (χ3n) is 6.99. The average Bonchev–Trinajstić information content (AvgIpc) is 3.37. The maximum atomic E-state index is 11.9. The van der Waals surface area contributed by atoms with Crippen molar-refractivity contribution < 1.29 is 14.3 Å². The Bertz CT molecular complexity index is 1020. The summed E-state index contributed by atoms with van der Waals surface area (Å²) in [6, 6.07) is 7.80. The predicted molar refractivity (Wildman–Crippen MR) is 136 cm³/mol. The van der Waals surface area contributed by atoms with Crippen molar-refractivity contribution in [3.05, 3.63) is 35.5 Å². The number of rotatable bonds is 6. The van der Waals surface area contributed by atoms with Crippen molar-refractivity contribution in [2.24, 2.45) is 0 Å². The summed E-state index contributed by atoms with van der Waals surface area (Å²) in [5.74, 6) is 1.77. The van der Waals surface area contributed by atoms with Crippen molar-refractivity contribution in [1.29, 1.82) is 0 Å². The molecule has 2 N–H and O–H groups in total. The number of aromatic nitrogens is 2. The first-order valence-corrected chi connectivity index (χ1v) is 12.8. The Kier molecular flexibility index (Phi) is 7.46. The summed E-state index contributed by atoms with van der Waals surface area (Å²) < 4.78 is 11.6. The first kappa shape index (κ1) is 24.0. The molecular weight excluding hydrogens is 444 g/mol. The van der Waals surface area contributed by atoms with Gasteiger partial charge in [0.1, 0.15) is 5.82 Å². The van der Waals surface area contributed by atoms with Gasteiger partial charge in [0.2, 0.25) is 0 Å². The number of fused-ring (bicyclic) bond motifs is 1. The first-order chi connectivity index (χ1) is 17.1. The van der Waals surface area contributed by atoms with Gasteiger partial charge in [-0.3, -0.25) is 4.90 Å². The van der Waals surface area contributed by atoms with Crippen LogP contribution in [0.1, 0.15) is 37.9 Å². The van der Waals surface area contributed by atoms with Gasteiger partial charge in [0.15, 0.2) is 5.82 Å². The van der Waals surface area contributed by atoms with E-state index in [2.05, 4.69) is 27.4 Å². The number of morpholine rings is 1. The molecule has 3 aliphatic rings. The minimum absolute atomic E-state index is 0.208. The quantitative estimate of drug-likeness (QED) is 0.657. The van der Waals surface area contributed by atoms with Gasteiger partial charge in [-0.2, -0.15) is 0 Å². The fourth-order valence-electron chi connectivity index (χ4n) is 5.14. The highest BCUT2D eigenvalue weighted by Gasteiger charge is 2.30. The molecule has 1 unspecified atom stereocenters. The lowest BCUT2D eigenvalue weighted by Gasteiger charge is -2.38. The lowest BCUT2D eigenvalue weighted by atomic mass is 10.0. The highest BCUT2D eigenvalue weighted by Crippen LogP contribution is 2.32. The van der Waals surface area contributed by atoms with Crippen molar-refractivity contribution in [2.75, 3.05) is 56.2 Å². The summed E-state index contributed by atoms with van der Waals surface area (Å²) in [5.41, 5.74) is 4.05. The number of anilines is 2. The number of hydrogen-bond donors (Lipinski definition) is 2. The molecule has 2 aromatic rings. The van der Waals surface area contributed by atoms with E-state index >= 15 is 0 Å². The number of urea groups is 1. The molecule has 2 atom stereocenters. The van der Waals surface area contributed by atoms with E-state index in [9.17, 15) is 4.79 Å². The lowest BCUT2D eigenvalue weighted by Crippen LogP contribution is -2.45. The zero-order valence-corrected chi connectivity index (χ0v) is 20.8. The highest BCUT2D eigenvalue weighted by atomic mass is 16.5. The van der Waals surface area contributed by atoms with E-state index in [-0.39, 0.29) is 12.1 Å². The van der Waals surface area contributed by atoms with Crippen LogP contribution in [0.25, 0.3) is 11.4 Å². The largest absolute Gasteiger partial charge is 0.377 e. The van der Waals surface area contributed by atoms with Crippen LogP contribution in [-0.2, 0) is 22.4 Å². The fourth-order valence-corrected chi connectivity index (χ4v) is 5.14. The molecule has 0 spiro atoms. The molecule has 9 heteroatoms. The number of amides is 2. The SMILES string of the molecule is CCNC(=O)Nc1ccc(-c2nc3c(c(N4CCOC[C@@H]4C)n2)CCN(CC2CCCO2)C3)cc1. The predicted octanol–water partition coefficient (Wildman–Crippen LogP) is 3.05. The summed E-state index contributed by atoms with van der Waals surface area (Å²) in [7, 11) is 0. The minimum Gasteiger partial charge on any atom is -0.377 e. The van der Waals surface area contributed by atoms with Gasteiger partial charge in [-0.15, -0.1) is 0 Å². The van der Waals surface area contributed by atoms with Crippen LogP contribution in [0, 0.1) is 0 Å². The van der Waals surface area contributed by atoms with Gasteiger partial charge in [-0.05, 0) is 57.4 Å². The van der Waals surface area contributed by atoms with Crippen LogP contribution in [0.2, 0.25) is 0 Å². The standard InChI is InChI=1S/C26H36N6O3/c1-3-27-26(33)28-20-8-6-19(7-9-20)24-29-23-16-31(15-21-5-4-13-35-21)11-10-22(23)25(30-24)32-12-14-34-17-18(32)2/h6-9,18,21H,3-5,10-17H2,1-2H3,(H2,27,28,33)/t18-,21?/m0/s1. The van der Waals surface area contributed by atoms with Gasteiger partial charge in [-0.1, -0.05) is 0 Å². The van der Waals surface area contributed by atoms with Crippen LogP contribution in [0.3, 0.4) is 0 Å². The van der Waals surface area contributed by atoms with Crippen LogP contribution in [0.5, 0.6) is 0 Å². The number of nitrogens with one attached hydrogen (secondary N) is 2. The number of nitrogens with zero attached hydrogens (tertiary/aromatic N) is 4. The second-order valence-electron chi connectivity index (χ2n) is 9.60. The Labute approximate surface area is 207 Å². The molecular formula is C26H36N6O3. The fraction of sp³-hybridized carbons (Fsp3) is 0.577. The molecule has 3 aliphatic heterocycles. The van der Waals surface area contributed by atoms with Crippen LogP contribution in [-0.4, -0.2) is 79.0 Å². The van der Waals surface area contributed by atoms with Crippen LogP contribution in [0.15, 0.2) is 24.3 Å². The van der Waals surface area contributed by atoms with Crippen LogP contribution >= 0.6 is 0 Å². The minimum atomic E-state index is -0.208. The molecule has 0 saturated carbocycles. The first-order valence-electron chi connectivity index (χ1n) is 12.8. The Morgan fingerprint density at radius 3 is 2.77 bits per heavy atom. The molecule has 0 aliphatic carbocycles. The lowest BCUT2D eigenvalue weighted by molar-refractivity contribution is 0.0681. The average molecular weight is 481 g/mol. The number of benzene rings is 1. The topological polar surface area (TPSA) is 91.9 Å². The maximum absolute atomic E-state index is 11.9. The van der Waals surface area contributed by atoms with Gasteiger partial charge in [0, 0.05) is 56.1 Å². The third kappa shape index (κ3) is 5.58. The molecule has 1 aromatic heterocycles. The zero-order valence-electron chi connectivity index (χ0n) is 20.8. The van der Waals surface area contributed by atoms with Gasteiger partial charge in [0.25, 0.3) is 0 Å². The maximum Gasteiger partial charge on any atom is 0.319 e. The van der Waals surface area contributed by atoms with E-state index in [1.54, 1.807) is 0 Å². The third-order valence-corrected chi connectivity index (χ3v) is 6.99. The van der Waals surface area contributed by atoms with Crippen molar-refractivity contribution >= 4 is 17.5 Å². The number of carbonyl (C=O) groups excluding carboxylic acids is 1. The Balaban J connectivity index is 1.43. The molecule has 188 valence electrons. The van der Waals surface area contributed by atoms with Gasteiger partial charge >= 0.3 is 6.03 Å². The molecule has 5 rings (SSSR count). The van der Waals surface area contributed by atoms with E-state index in [4.69, 9.17) is 19.4 Å². The number of hydrogen-bond acceptors (Lipinski definition) is 7. The highest BCUT2D eigenvalue weighted by molar-refractivity contribution is 5.89. The normalized spacial score (nSPS) is 22.6. The van der Waals surface area contributed by atoms with E-state index in [0.29, 0.717) is 25.9 Å².